The molecule has 198 valence electrons. The second kappa shape index (κ2) is 10.9. The lowest BCUT2D eigenvalue weighted by Crippen LogP contribution is -2.29. The van der Waals surface area contributed by atoms with Crippen LogP contribution in [-0.4, -0.2) is 43.3 Å². The third-order valence-corrected chi connectivity index (χ3v) is 6.04. The summed E-state index contributed by atoms with van der Waals surface area (Å²) >= 11 is 6.35. The van der Waals surface area contributed by atoms with Crippen LogP contribution in [0.4, 0.5) is 8.78 Å². The summed E-state index contributed by atoms with van der Waals surface area (Å²) in [6.45, 7) is 4.66. The summed E-state index contributed by atoms with van der Waals surface area (Å²) in [5.41, 5.74) is 0.410. The van der Waals surface area contributed by atoms with Crippen LogP contribution in [0.15, 0.2) is 47.7 Å². The van der Waals surface area contributed by atoms with Gasteiger partial charge in [0.25, 0.3) is 5.56 Å². The van der Waals surface area contributed by atoms with Crippen LogP contribution in [0, 0.1) is 25.5 Å². The largest absolute Gasteiger partial charge is 0.485 e. The number of rotatable bonds is 8. The van der Waals surface area contributed by atoms with Gasteiger partial charge in [0.1, 0.15) is 34.5 Å². The fourth-order valence-corrected chi connectivity index (χ4v) is 3.98. The van der Waals surface area contributed by atoms with E-state index in [1.165, 1.54) is 23.9 Å². The first-order valence-electron chi connectivity index (χ1n) is 11.4. The topological polar surface area (TPSA) is 112 Å². The maximum absolute atomic E-state index is 13.9. The Labute approximate surface area is 221 Å². The molecule has 1 unspecified atom stereocenters. The maximum Gasteiger partial charge on any atom is 0.277 e. The highest BCUT2D eigenvalue weighted by molar-refractivity contribution is 6.31. The number of pyridine rings is 3. The standard InChI is InChI=1S/C26H24ClF2N5O4/c1-14-10-31-19(18-5-6-30-25(33-18)26(3,36)13-37-4)9-21(14)34-15(2)7-22(23(27)24(34)35)38-12-20-17(29)8-16(28)11-32-20/h5-11,36H,12-13H2,1-4H3. The van der Waals surface area contributed by atoms with Crippen molar-refractivity contribution in [1.29, 1.82) is 0 Å². The number of methoxy groups -OCH3 is 1. The maximum atomic E-state index is 13.9. The van der Waals surface area contributed by atoms with Crippen molar-refractivity contribution >= 4 is 11.6 Å². The molecule has 0 bridgehead atoms. The minimum absolute atomic E-state index is 0.00556. The molecular formula is C26H24ClF2N5O4. The summed E-state index contributed by atoms with van der Waals surface area (Å²) in [6.07, 6.45) is 3.96. The summed E-state index contributed by atoms with van der Waals surface area (Å²) in [5, 5.41) is 10.4. The monoisotopic (exact) mass is 543 g/mol. The molecule has 1 N–H and O–H groups in total. The van der Waals surface area contributed by atoms with E-state index in [0.717, 1.165) is 6.20 Å². The molecule has 4 aromatic heterocycles. The van der Waals surface area contributed by atoms with Gasteiger partial charge in [-0.15, -0.1) is 0 Å². The van der Waals surface area contributed by atoms with Gasteiger partial charge in [0.2, 0.25) is 0 Å². The molecule has 0 aliphatic carbocycles. The summed E-state index contributed by atoms with van der Waals surface area (Å²) < 4.78 is 39.1. The molecule has 0 saturated carbocycles. The minimum atomic E-state index is -1.42. The van der Waals surface area contributed by atoms with E-state index in [1.807, 2.05) is 0 Å². The van der Waals surface area contributed by atoms with Gasteiger partial charge >= 0.3 is 0 Å². The lowest BCUT2D eigenvalue weighted by Gasteiger charge is -2.21. The molecule has 4 aromatic rings. The third kappa shape index (κ3) is 5.54. The molecule has 4 heterocycles. The van der Waals surface area contributed by atoms with Gasteiger partial charge in [-0.25, -0.2) is 18.7 Å². The van der Waals surface area contributed by atoms with Crippen molar-refractivity contribution < 1.29 is 23.4 Å². The summed E-state index contributed by atoms with van der Waals surface area (Å²) in [6, 6.07) is 5.54. The van der Waals surface area contributed by atoms with Crippen molar-refractivity contribution in [2.45, 2.75) is 33.0 Å². The lowest BCUT2D eigenvalue weighted by atomic mass is 10.1. The Balaban J connectivity index is 1.70. The molecule has 0 spiro atoms. The van der Waals surface area contributed by atoms with Crippen LogP contribution in [-0.2, 0) is 16.9 Å². The van der Waals surface area contributed by atoms with Crippen molar-refractivity contribution in [2.24, 2.45) is 0 Å². The molecule has 0 amide bonds. The van der Waals surface area contributed by atoms with Gasteiger partial charge in [-0.2, -0.15) is 0 Å². The lowest BCUT2D eigenvalue weighted by molar-refractivity contribution is -0.0273. The summed E-state index contributed by atoms with van der Waals surface area (Å²) in [5.74, 6) is -1.49. The smallest absolute Gasteiger partial charge is 0.277 e. The fraction of sp³-hybridized carbons (Fsp3) is 0.269. The Kier molecular flexibility index (Phi) is 7.81. The molecule has 0 aromatic carbocycles. The average molecular weight is 544 g/mol. The number of aromatic nitrogens is 5. The van der Waals surface area contributed by atoms with E-state index in [9.17, 15) is 18.7 Å². The number of halogens is 3. The van der Waals surface area contributed by atoms with Crippen molar-refractivity contribution in [2.75, 3.05) is 13.7 Å². The van der Waals surface area contributed by atoms with Crippen LogP contribution in [0.25, 0.3) is 17.1 Å². The molecular weight excluding hydrogens is 520 g/mol. The van der Waals surface area contributed by atoms with Crippen molar-refractivity contribution in [3.8, 4) is 22.8 Å². The van der Waals surface area contributed by atoms with E-state index in [0.29, 0.717) is 34.4 Å². The highest BCUT2D eigenvalue weighted by atomic mass is 35.5. The zero-order valence-corrected chi connectivity index (χ0v) is 21.8. The van der Waals surface area contributed by atoms with Gasteiger partial charge in [-0.1, -0.05) is 11.6 Å². The Morgan fingerprint density at radius 2 is 1.87 bits per heavy atom. The van der Waals surface area contributed by atoms with E-state index in [1.54, 1.807) is 39.1 Å². The molecule has 0 aliphatic rings. The molecule has 38 heavy (non-hydrogen) atoms. The number of hydrogen-bond donors (Lipinski definition) is 1. The molecule has 0 radical (unpaired) electrons. The van der Waals surface area contributed by atoms with E-state index in [-0.39, 0.29) is 35.5 Å². The van der Waals surface area contributed by atoms with E-state index in [2.05, 4.69) is 19.9 Å². The Hall–Kier alpha value is -3.80. The van der Waals surface area contributed by atoms with Crippen LogP contribution in [0.3, 0.4) is 0 Å². The average Bonchev–Trinajstić information content (AvgIpc) is 2.87. The van der Waals surface area contributed by atoms with Crippen molar-refractivity contribution in [1.82, 2.24) is 24.5 Å². The second-order valence-electron chi connectivity index (χ2n) is 8.80. The molecule has 1 atom stereocenters. The normalized spacial score (nSPS) is 12.8. The van der Waals surface area contributed by atoms with E-state index < -0.39 is 22.8 Å². The van der Waals surface area contributed by atoms with Gasteiger partial charge in [0.15, 0.2) is 11.6 Å². The minimum Gasteiger partial charge on any atom is -0.485 e. The number of hydrogen-bond acceptors (Lipinski definition) is 8. The zero-order valence-electron chi connectivity index (χ0n) is 21.0. The zero-order chi connectivity index (χ0) is 27.6. The quantitative estimate of drug-likeness (QED) is 0.354. The van der Waals surface area contributed by atoms with Gasteiger partial charge in [-0.05, 0) is 38.5 Å². The van der Waals surface area contributed by atoms with Gasteiger partial charge in [0.05, 0.1) is 29.9 Å². The van der Waals surface area contributed by atoms with Gasteiger partial charge < -0.3 is 14.6 Å². The fourth-order valence-electron chi connectivity index (χ4n) is 3.78. The Morgan fingerprint density at radius 1 is 1.11 bits per heavy atom. The Bertz CT molecular complexity index is 1560. The summed E-state index contributed by atoms with van der Waals surface area (Å²) in [4.78, 5) is 30.0. The van der Waals surface area contributed by atoms with Gasteiger partial charge in [-0.3, -0.25) is 19.3 Å². The molecule has 0 saturated heterocycles. The SMILES string of the molecule is COCC(C)(O)c1nccc(-c2cc(-n3c(C)cc(OCc4ncc(F)cc4F)c(Cl)c3=O)c(C)cn2)n1. The van der Waals surface area contributed by atoms with Crippen LogP contribution < -0.4 is 10.3 Å². The van der Waals surface area contributed by atoms with E-state index >= 15 is 0 Å². The number of aliphatic hydroxyl groups is 1. The molecule has 12 heteroatoms. The second-order valence-corrected chi connectivity index (χ2v) is 9.18. The molecule has 0 aliphatic heterocycles. The first kappa shape index (κ1) is 27.2. The highest BCUT2D eigenvalue weighted by Crippen LogP contribution is 2.28. The van der Waals surface area contributed by atoms with Crippen LogP contribution in [0.1, 0.15) is 29.7 Å². The number of aryl methyl sites for hydroxylation is 2. The summed E-state index contributed by atoms with van der Waals surface area (Å²) in [7, 11) is 1.46. The number of nitrogens with zero attached hydrogens (tertiary/aromatic N) is 5. The first-order valence-corrected chi connectivity index (χ1v) is 11.8. The van der Waals surface area contributed by atoms with Crippen molar-refractivity contribution in [3.05, 3.63) is 92.6 Å². The third-order valence-electron chi connectivity index (χ3n) is 5.69. The predicted octanol–water partition coefficient (Wildman–Crippen LogP) is 4.07. The first-order chi connectivity index (χ1) is 18.0. The van der Waals surface area contributed by atoms with Crippen LogP contribution in [0.2, 0.25) is 5.02 Å². The number of ether oxygens (including phenoxy) is 2. The highest BCUT2D eigenvalue weighted by Gasteiger charge is 2.27. The molecule has 9 nitrogen and oxygen atoms in total. The van der Waals surface area contributed by atoms with Crippen LogP contribution in [0.5, 0.6) is 5.75 Å². The van der Waals surface area contributed by atoms with Gasteiger partial charge in [0, 0.05) is 37.3 Å². The molecule has 0 fully saturated rings. The van der Waals surface area contributed by atoms with Crippen LogP contribution >= 0.6 is 11.6 Å². The Morgan fingerprint density at radius 3 is 2.58 bits per heavy atom. The van der Waals surface area contributed by atoms with E-state index in [4.69, 9.17) is 21.1 Å². The molecule has 4 rings (SSSR count). The van der Waals surface area contributed by atoms with Crippen molar-refractivity contribution in [3.63, 3.8) is 0 Å². The predicted molar refractivity (Wildman–Crippen MR) is 135 cm³/mol.